The van der Waals surface area contributed by atoms with Gasteiger partial charge in [0.15, 0.2) is 0 Å². The minimum Gasteiger partial charge on any atom is -0.386 e. The Balaban J connectivity index is 3.26. The van der Waals surface area contributed by atoms with Crippen molar-refractivity contribution in [1.29, 1.82) is 0 Å². The van der Waals surface area contributed by atoms with E-state index in [-0.39, 0.29) is 0 Å². The topological polar surface area (TPSA) is 36.0 Å². The van der Waals surface area contributed by atoms with Gasteiger partial charge in [-0.1, -0.05) is 18.3 Å². The van der Waals surface area contributed by atoms with Crippen molar-refractivity contribution in [2.75, 3.05) is 0 Å². The zero-order valence-electron chi connectivity index (χ0n) is 6.59. The van der Waals surface area contributed by atoms with E-state index in [1.165, 1.54) is 0 Å². The standard InChI is InChI=1S/C8H11NOS/c1-8(2,10)6-4-3-5-9-7(6)11/h3-5,10H,1-2H3,(H,9,11). The van der Waals surface area contributed by atoms with Crippen LogP contribution in [0.1, 0.15) is 19.4 Å². The lowest BCUT2D eigenvalue weighted by molar-refractivity contribution is 0.0777. The number of pyridine rings is 1. The first kappa shape index (κ1) is 8.43. The zero-order valence-corrected chi connectivity index (χ0v) is 7.40. The van der Waals surface area contributed by atoms with Crippen LogP contribution in [0, 0.1) is 4.64 Å². The van der Waals surface area contributed by atoms with E-state index in [1.807, 2.05) is 12.1 Å². The van der Waals surface area contributed by atoms with Crippen molar-refractivity contribution >= 4 is 12.2 Å². The van der Waals surface area contributed by atoms with Gasteiger partial charge in [-0.25, -0.2) is 0 Å². The quantitative estimate of drug-likeness (QED) is 0.630. The molecule has 0 aromatic carbocycles. The summed E-state index contributed by atoms with van der Waals surface area (Å²) in [7, 11) is 0. The predicted molar refractivity (Wildman–Crippen MR) is 46.9 cm³/mol. The number of aromatic nitrogens is 1. The molecular formula is C8H11NOS. The van der Waals surface area contributed by atoms with Crippen LogP contribution >= 0.6 is 12.2 Å². The van der Waals surface area contributed by atoms with E-state index in [2.05, 4.69) is 4.98 Å². The molecule has 0 saturated carbocycles. The Morgan fingerprint density at radius 2 is 2.18 bits per heavy atom. The molecule has 11 heavy (non-hydrogen) atoms. The molecule has 0 amide bonds. The Labute approximate surface area is 70.9 Å². The minimum atomic E-state index is -0.852. The summed E-state index contributed by atoms with van der Waals surface area (Å²) in [6.07, 6.45) is 1.75. The third kappa shape index (κ3) is 1.88. The summed E-state index contributed by atoms with van der Waals surface area (Å²) in [5.74, 6) is 0. The lowest BCUT2D eigenvalue weighted by atomic mass is 10.0. The molecule has 0 radical (unpaired) electrons. The third-order valence-electron chi connectivity index (χ3n) is 1.48. The normalized spacial score (nSPS) is 11.5. The Bertz CT molecular complexity index is 297. The molecule has 2 nitrogen and oxygen atoms in total. The smallest absolute Gasteiger partial charge is 0.109 e. The summed E-state index contributed by atoms with van der Waals surface area (Å²) in [6.45, 7) is 3.43. The molecule has 0 aliphatic rings. The number of rotatable bonds is 1. The molecular weight excluding hydrogens is 158 g/mol. The molecule has 1 aromatic heterocycles. The Hall–Kier alpha value is -0.670. The summed E-state index contributed by atoms with van der Waals surface area (Å²) in [6, 6.07) is 3.64. The van der Waals surface area contributed by atoms with Gasteiger partial charge in [0.2, 0.25) is 0 Å². The van der Waals surface area contributed by atoms with Crippen LogP contribution in [0.4, 0.5) is 0 Å². The van der Waals surface area contributed by atoms with Gasteiger partial charge < -0.3 is 10.1 Å². The summed E-state index contributed by atoms with van der Waals surface area (Å²) < 4.78 is 0.597. The minimum absolute atomic E-state index is 0.597. The average molecular weight is 169 g/mol. The molecule has 3 heteroatoms. The van der Waals surface area contributed by atoms with Crippen molar-refractivity contribution in [3.8, 4) is 0 Å². The molecule has 2 N–H and O–H groups in total. The van der Waals surface area contributed by atoms with Crippen molar-refractivity contribution in [2.45, 2.75) is 19.4 Å². The van der Waals surface area contributed by atoms with E-state index in [9.17, 15) is 5.11 Å². The SMILES string of the molecule is CC(C)(O)c1ccc[nH]c1=S. The number of hydrogen-bond acceptors (Lipinski definition) is 2. The lowest BCUT2D eigenvalue weighted by Gasteiger charge is -2.16. The summed E-state index contributed by atoms with van der Waals surface area (Å²) >= 11 is 4.98. The predicted octanol–water partition coefficient (Wildman–Crippen LogP) is 1.97. The Kier molecular flexibility index (Phi) is 2.11. The molecule has 0 aliphatic carbocycles. The van der Waals surface area contributed by atoms with E-state index in [1.54, 1.807) is 20.0 Å². The Morgan fingerprint density at radius 1 is 1.55 bits per heavy atom. The molecule has 1 heterocycles. The number of aliphatic hydroxyl groups is 1. The molecule has 0 spiro atoms. The highest BCUT2D eigenvalue weighted by Gasteiger charge is 2.16. The van der Waals surface area contributed by atoms with Crippen molar-refractivity contribution < 1.29 is 5.11 Å². The summed E-state index contributed by atoms with van der Waals surface area (Å²) in [4.78, 5) is 2.86. The van der Waals surface area contributed by atoms with Gasteiger partial charge >= 0.3 is 0 Å². The molecule has 1 rings (SSSR count). The molecule has 0 aliphatic heterocycles. The zero-order chi connectivity index (χ0) is 8.48. The lowest BCUT2D eigenvalue weighted by Crippen LogP contribution is -2.16. The number of H-pyrrole nitrogens is 1. The summed E-state index contributed by atoms with van der Waals surface area (Å²) in [5, 5.41) is 9.58. The fourth-order valence-electron chi connectivity index (χ4n) is 0.903. The second kappa shape index (κ2) is 2.75. The van der Waals surface area contributed by atoms with Crippen LogP contribution in [0.2, 0.25) is 0 Å². The second-order valence-electron chi connectivity index (χ2n) is 2.97. The van der Waals surface area contributed by atoms with E-state index in [4.69, 9.17) is 12.2 Å². The second-order valence-corrected chi connectivity index (χ2v) is 3.38. The van der Waals surface area contributed by atoms with E-state index >= 15 is 0 Å². The van der Waals surface area contributed by atoms with Gasteiger partial charge in [0.1, 0.15) is 4.64 Å². The molecule has 60 valence electrons. The molecule has 0 saturated heterocycles. The van der Waals surface area contributed by atoms with Crippen LogP contribution in [-0.4, -0.2) is 10.1 Å². The maximum absolute atomic E-state index is 9.58. The number of aromatic amines is 1. The van der Waals surface area contributed by atoms with Crippen molar-refractivity contribution in [2.24, 2.45) is 0 Å². The largest absolute Gasteiger partial charge is 0.386 e. The number of nitrogens with one attached hydrogen (secondary N) is 1. The fraction of sp³-hybridized carbons (Fsp3) is 0.375. The van der Waals surface area contributed by atoms with E-state index in [0.717, 1.165) is 5.56 Å². The monoisotopic (exact) mass is 169 g/mol. The highest BCUT2D eigenvalue weighted by atomic mass is 32.1. The van der Waals surface area contributed by atoms with Gasteiger partial charge in [-0.3, -0.25) is 0 Å². The van der Waals surface area contributed by atoms with Gasteiger partial charge in [-0.15, -0.1) is 0 Å². The average Bonchev–Trinajstić information content (AvgIpc) is 1.86. The van der Waals surface area contributed by atoms with Gasteiger partial charge in [-0.2, -0.15) is 0 Å². The molecule has 1 aromatic rings. The van der Waals surface area contributed by atoms with E-state index < -0.39 is 5.60 Å². The molecule has 0 fully saturated rings. The van der Waals surface area contributed by atoms with Gasteiger partial charge in [-0.05, 0) is 19.9 Å². The third-order valence-corrected chi connectivity index (χ3v) is 1.82. The Morgan fingerprint density at radius 3 is 2.55 bits per heavy atom. The van der Waals surface area contributed by atoms with Crippen LogP contribution in [0.15, 0.2) is 18.3 Å². The van der Waals surface area contributed by atoms with Crippen LogP contribution < -0.4 is 0 Å². The van der Waals surface area contributed by atoms with Gasteiger partial charge in [0.25, 0.3) is 0 Å². The molecule has 0 atom stereocenters. The van der Waals surface area contributed by atoms with Gasteiger partial charge in [0, 0.05) is 11.8 Å². The maximum atomic E-state index is 9.58. The highest BCUT2D eigenvalue weighted by molar-refractivity contribution is 7.71. The van der Waals surface area contributed by atoms with E-state index in [0.29, 0.717) is 4.64 Å². The van der Waals surface area contributed by atoms with Gasteiger partial charge in [0.05, 0.1) is 5.60 Å². The first-order valence-corrected chi connectivity index (χ1v) is 3.83. The van der Waals surface area contributed by atoms with Crippen LogP contribution in [0.25, 0.3) is 0 Å². The van der Waals surface area contributed by atoms with Crippen molar-refractivity contribution in [1.82, 2.24) is 4.98 Å². The first-order chi connectivity index (χ1) is 5.02. The van der Waals surface area contributed by atoms with Crippen molar-refractivity contribution in [3.05, 3.63) is 28.5 Å². The van der Waals surface area contributed by atoms with Crippen LogP contribution in [0.5, 0.6) is 0 Å². The molecule has 0 unspecified atom stereocenters. The maximum Gasteiger partial charge on any atom is 0.109 e. The molecule has 0 bridgehead atoms. The van der Waals surface area contributed by atoms with Crippen molar-refractivity contribution in [3.63, 3.8) is 0 Å². The highest BCUT2D eigenvalue weighted by Crippen LogP contribution is 2.18. The first-order valence-electron chi connectivity index (χ1n) is 3.42. The van der Waals surface area contributed by atoms with Crippen LogP contribution in [0.3, 0.4) is 0 Å². The number of hydrogen-bond donors (Lipinski definition) is 2. The fourth-order valence-corrected chi connectivity index (χ4v) is 1.29. The summed E-state index contributed by atoms with van der Waals surface area (Å²) in [5.41, 5.74) is -0.0931. The van der Waals surface area contributed by atoms with Crippen LogP contribution in [-0.2, 0) is 5.60 Å².